The van der Waals surface area contributed by atoms with Gasteiger partial charge in [0, 0.05) is 37.0 Å². The predicted octanol–water partition coefficient (Wildman–Crippen LogP) is 3.79. The van der Waals surface area contributed by atoms with Gasteiger partial charge >= 0.3 is 6.18 Å². The van der Waals surface area contributed by atoms with Crippen LogP contribution in [0.3, 0.4) is 0 Å². The molecule has 12 heteroatoms. The summed E-state index contributed by atoms with van der Waals surface area (Å²) in [7, 11) is 0. The molecule has 1 amide bonds. The maximum atomic E-state index is 12.9. The van der Waals surface area contributed by atoms with Gasteiger partial charge < -0.3 is 16.0 Å². The third-order valence-corrected chi connectivity index (χ3v) is 5.63. The first-order chi connectivity index (χ1) is 16.7. The van der Waals surface area contributed by atoms with Crippen LogP contribution in [0.4, 0.5) is 24.9 Å². The average molecular weight is 485 g/mol. The Balaban J connectivity index is 1.62. The molecule has 0 spiro atoms. The summed E-state index contributed by atoms with van der Waals surface area (Å²) in [6, 6.07) is 9.07. The Morgan fingerprint density at radius 3 is 2.71 bits per heavy atom. The highest BCUT2D eigenvalue weighted by molar-refractivity contribution is 5.91. The topological polar surface area (TPSA) is 126 Å². The number of primary amides is 1. The first-order valence-electron chi connectivity index (χ1n) is 10.8. The number of nitrogens with two attached hydrogens (primary N) is 1. The third kappa shape index (κ3) is 5.36. The van der Waals surface area contributed by atoms with E-state index in [9.17, 15) is 22.9 Å². The van der Waals surface area contributed by atoms with Gasteiger partial charge in [-0.1, -0.05) is 23.4 Å². The lowest BCUT2D eigenvalue weighted by molar-refractivity contribution is -0.137. The van der Waals surface area contributed by atoms with Crippen molar-refractivity contribution in [3.05, 3.63) is 69.9 Å². The van der Waals surface area contributed by atoms with Crippen molar-refractivity contribution in [1.82, 2.24) is 15.0 Å². The zero-order valence-corrected chi connectivity index (χ0v) is 18.7. The van der Waals surface area contributed by atoms with E-state index in [2.05, 4.69) is 25.4 Å². The Kier molecular flexibility index (Phi) is 6.63. The second-order valence-corrected chi connectivity index (χ2v) is 8.20. The number of nitrogens with zero attached hydrogens (tertiary/aromatic N) is 5. The van der Waals surface area contributed by atoms with Crippen LogP contribution >= 0.6 is 0 Å². The highest BCUT2D eigenvalue weighted by Crippen LogP contribution is 2.33. The first kappa shape index (κ1) is 24.0. The fourth-order valence-corrected chi connectivity index (χ4v) is 3.93. The van der Waals surface area contributed by atoms with Crippen molar-refractivity contribution in [3.8, 4) is 11.3 Å². The van der Waals surface area contributed by atoms with E-state index in [1.807, 2.05) is 23.1 Å². The summed E-state index contributed by atoms with van der Waals surface area (Å²) in [5.74, 6) is -0.0850. The zero-order chi connectivity index (χ0) is 25.2. The third-order valence-electron chi connectivity index (χ3n) is 5.63. The number of aromatic nitrogens is 3. The van der Waals surface area contributed by atoms with Gasteiger partial charge in [-0.05, 0) is 36.6 Å². The number of nitroso groups, excluding NO2 is 1. The molecule has 1 aliphatic heterocycles. The van der Waals surface area contributed by atoms with E-state index in [4.69, 9.17) is 5.73 Å². The number of fused-ring (bicyclic) bond motifs is 1. The van der Waals surface area contributed by atoms with Crippen LogP contribution < -0.4 is 16.0 Å². The van der Waals surface area contributed by atoms with Crippen molar-refractivity contribution >= 4 is 17.7 Å². The summed E-state index contributed by atoms with van der Waals surface area (Å²) in [5, 5.41) is 5.87. The Labute approximate surface area is 198 Å². The fraction of sp³-hybridized carbons (Fsp3) is 0.304. The van der Waals surface area contributed by atoms with Crippen molar-refractivity contribution in [2.24, 2.45) is 10.9 Å². The number of nitrogens with one attached hydrogen (secondary N) is 1. The monoisotopic (exact) mass is 485 g/mol. The molecule has 3 aromatic rings. The van der Waals surface area contributed by atoms with Crippen molar-refractivity contribution in [3.63, 3.8) is 0 Å². The van der Waals surface area contributed by atoms with Gasteiger partial charge in [0.1, 0.15) is 18.1 Å². The Morgan fingerprint density at radius 1 is 1.26 bits per heavy atom. The summed E-state index contributed by atoms with van der Waals surface area (Å²) in [6.07, 6.45) is -3.05. The van der Waals surface area contributed by atoms with Crippen LogP contribution in [0.5, 0.6) is 0 Å². The van der Waals surface area contributed by atoms with Crippen LogP contribution in [-0.4, -0.2) is 40.0 Å². The number of halogens is 3. The lowest BCUT2D eigenvalue weighted by Crippen LogP contribution is -2.33. The van der Waals surface area contributed by atoms with E-state index >= 15 is 0 Å². The van der Waals surface area contributed by atoms with Gasteiger partial charge in [0.25, 0.3) is 5.91 Å². The summed E-state index contributed by atoms with van der Waals surface area (Å²) >= 11 is 0. The van der Waals surface area contributed by atoms with E-state index in [1.165, 1.54) is 12.1 Å². The van der Waals surface area contributed by atoms with Gasteiger partial charge in [0.05, 0.1) is 11.3 Å². The molecular formula is C23H22F3N7O2. The molecule has 4 rings (SSSR count). The van der Waals surface area contributed by atoms with E-state index in [1.54, 1.807) is 6.92 Å². The van der Waals surface area contributed by atoms with Gasteiger partial charge in [0.15, 0.2) is 0 Å². The number of carbonyl (C=O) groups is 1. The van der Waals surface area contributed by atoms with Crippen LogP contribution in [-0.2, 0) is 19.1 Å². The van der Waals surface area contributed by atoms with Crippen LogP contribution in [0.1, 0.15) is 34.1 Å². The molecule has 3 N–H and O–H groups in total. The first-order valence-corrected chi connectivity index (χ1v) is 10.8. The van der Waals surface area contributed by atoms with Crippen molar-refractivity contribution in [2.75, 3.05) is 23.3 Å². The molecule has 1 aliphatic rings. The second-order valence-electron chi connectivity index (χ2n) is 8.20. The molecule has 0 bridgehead atoms. The minimum atomic E-state index is -4.45. The molecule has 0 aliphatic carbocycles. The molecule has 0 fully saturated rings. The number of carbonyl (C=O) groups excluding carboxylic acids is 1. The molecule has 0 unspecified atom stereocenters. The number of hydrogen-bond acceptors (Lipinski definition) is 8. The summed E-state index contributed by atoms with van der Waals surface area (Å²) in [4.78, 5) is 37.1. The van der Waals surface area contributed by atoms with Crippen molar-refractivity contribution in [1.29, 1.82) is 0 Å². The lowest BCUT2D eigenvalue weighted by atomic mass is 9.92. The predicted molar refractivity (Wildman–Crippen MR) is 124 cm³/mol. The average Bonchev–Trinajstić information content (AvgIpc) is 2.82. The molecule has 3 heterocycles. The van der Waals surface area contributed by atoms with Crippen molar-refractivity contribution < 1.29 is 18.0 Å². The van der Waals surface area contributed by atoms with Gasteiger partial charge in [0.2, 0.25) is 5.95 Å². The molecule has 35 heavy (non-hydrogen) atoms. The SMILES string of the molecule is C[C@@H](CN=O)Nc1cc(C(N)=O)nc(N2CCc3c(cccc3-c3ccc(C(F)(F)F)cn3)C2)n1. The fourth-order valence-electron chi connectivity index (χ4n) is 3.93. The lowest BCUT2D eigenvalue weighted by Gasteiger charge is -2.30. The van der Waals surface area contributed by atoms with Gasteiger partial charge in [-0.3, -0.25) is 9.78 Å². The van der Waals surface area contributed by atoms with Gasteiger partial charge in [-0.25, -0.2) is 4.98 Å². The number of alkyl halides is 3. The molecule has 182 valence electrons. The normalized spacial score (nSPS) is 14.2. The minimum absolute atomic E-state index is 0.0170. The molecule has 9 nitrogen and oxygen atoms in total. The molecule has 0 radical (unpaired) electrons. The molecule has 1 aromatic carbocycles. The number of benzene rings is 1. The number of pyridine rings is 1. The van der Waals surface area contributed by atoms with Gasteiger partial charge in [-0.2, -0.15) is 23.1 Å². The van der Waals surface area contributed by atoms with Crippen LogP contribution in [0.2, 0.25) is 0 Å². The number of rotatable bonds is 7. The summed E-state index contributed by atoms with van der Waals surface area (Å²) < 4.78 is 38.7. The maximum Gasteiger partial charge on any atom is 0.417 e. The highest BCUT2D eigenvalue weighted by Gasteiger charge is 2.31. The molecule has 0 saturated heterocycles. The van der Waals surface area contributed by atoms with Crippen LogP contribution in [0, 0.1) is 4.91 Å². The Bertz CT molecular complexity index is 1250. The number of amides is 1. The number of hydrogen-bond donors (Lipinski definition) is 2. The summed E-state index contributed by atoms with van der Waals surface area (Å²) in [6.45, 7) is 2.68. The quantitative estimate of drug-likeness (QED) is 0.488. The molecule has 2 aromatic heterocycles. The highest BCUT2D eigenvalue weighted by atomic mass is 19.4. The molecule has 1 atom stereocenters. The zero-order valence-electron chi connectivity index (χ0n) is 18.7. The van der Waals surface area contributed by atoms with E-state index < -0.39 is 17.6 Å². The van der Waals surface area contributed by atoms with Crippen LogP contribution in [0.15, 0.2) is 47.8 Å². The minimum Gasteiger partial charge on any atom is -0.365 e. The Morgan fingerprint density at radius 2 is 2.06 bits per heavy atom. The van der Waals surface area contributed by atoms with E-state index in [-0.39, 0.29) is 18.3 Å². The molecule has 0 saturated carbocycles. The second kappa shape index (κ2) is 9.65. The number of anilines is 2. The van der Waals surface area contributed by atoms with Crippen LogP contribution in [0.25, 0.3) is 11.3 Å². The largest absolute Gasteiger partial charge is 0.417 e. The smallest absolute Gasteiger partial charge is 0.365 e. The summed E-state index contributed by atoms with van der Waals surface area (Å²) in [5.41, 5.74) is 7.81. The molecular weight excluding hydrogens is 463 g/mol. The van der Waals surface area contributed by atoms with E-state index in [0.29, 0.717) is 37.0 Å². The van der Waals surface area contributed by atoms with E-state index in [0.717, 1.165) is 29.0 Å². The van der Waals surface area contributed by atoms with Gasteiger partial charge in [-0.15, -0.1) is 0 Å². The standard InChI is InChI=1S/C23H22F3N7O2/c1-13(10-29-35)30-20-9-19(21(27)34)31-22(32-20)33-8-7-16-14(12-33)3-2-4-17(16)18-6-5-15(11-28-18)23(24,25)26/h2-6,9,11,13H,7-8,10,12H2,1H3,(H2,27,34)(H,30,31,32)/t13-/m0/s1. The maximum absolute atomic E-state index is 12.9. The Hall–Kier alpha value is -4.09. The van der Waals surface area contributed by atoms with Crippen molar-refractivity contribution in [2.45, 2.75) is 32.1 Å².